The Morgan fingerprint density at radius 3 is 2.22 bits per heavy atom. The monoisotopic (exact) mass is 250 g/mol. The molecular formula is C15H26N2O. The third-order valence-corrected chi connectivity index (χ3v) is 2.80. The van der Waals surface area contributed by atoms with Crippen LogP contribution in [0, 0.1) is 0 Å². The van der Waals surface area contributed by atoms with Gasteiger partial charge in [-0.25, -0.2) is 0 Å². The summed E-state index contributed by atoms with van der Waals surface area (Å²) in [6.07, 6.45) is 0. The van der Waals surface area contributed by atoms with Gasteiger partial charge >= 0.3 is 0 Å². The Labute approximate surface area is 111 Å². The van der Waals surface area contributed by atoms with E-state index in [9.17, 15) is 0 Å². The summed E-state index contributed by atoms with van der Waals surface area (Å²) in [5, 5.41) is 3.37. The Hall–Kier alpha value is -1.22. The minimum absolute atomic E-state index is 0.126. The molecule has 3 N–H and O–H groups in total. The number of methoxy groups -OCH3 is 1. The fraction of sp³-hybridized carbons (Fsp3) is 0.600. The van der Waals surface area contributed by atoms with Gasteiger partial charge in [-0.1, -0.05) is 26.8 Å². The lowest BCUT2D eigenvalue weighted by molar-refractivity contribution is 0.415. The number of hydrogen-bond acceptors (Lipinski definition) is 3. The van der Waals surface area contributed by atoms with Gasteiger partial charge in [0.2, 0.25) is 0 Å². The third kappa shape index (κ3) is 4.22. The van der Waals surface area contributed by atoms with Crippen molar-refractivity contribution in [2.45, 2.75) is 45.6 Å². The summed E-state index contributed by atoms with van der Waals surface area (Å²) >= 11 is 0. The standard InChI is InChI=1S/C15H26N2O/c1-14(2,3)11-7-8-13(18-6)12(9-11)17-10-15(4,5)16/h7-9,17H,10,16H2,1-6H3. The number of anilines is 1. The van der Waals surface area contributed by atoms with E-state index in [1.54, 1.807) is 7.11 Å². The largest absolute Gasteiger partial charge is 0.495 e. The smallest absolute Gasteiger partial charge is 0.141 e. The molecule has 0 aliphatic heterocycles. The molecule has 0 unspecified atom stereocenters. The maximum Gasteiger partial charge on any atom is 0.141 e. The van der Waals surface area contributed by atoms with Crippen molar-refractivity contribution < 1.29 is 4.74 Å². The molecule has 0 aliphatic carbocycles. The normalized spacial score (nSPS) is 12.4. The van der Waals surface area contributed by atoms with Crippen LogP contribution in [0.5, 0.6) is 5.75 Å². The van der Waals surface area contributed by atoms with E-state index >= 15 is 0 Å². The zero-order valence-electron chi connectivity index (χ0n) is 12.4. The van der Waals surface area contributed by atoms with E-state index in [4.69, 9.17) is 10.5 Å². The van der Waals surface area contributed by atoms with Crippen molar-refractivity contribution in [1.29, 1.82) is 0 Å². The van der Waals surface area contributed by atoms with Crippen molar-refractivity contribution in [1.82, 2.24) is 0 Å². The first-order valence-corrected chi connectivity index (χ1v) is 6.35. The van der Waals surface area contributed by atoms with Crippen LogP contribution in [-0.4, -0.2) is 19.2 Å². The zero-order valence-corrected chi connectivity index (χ0v) is 12.4. The maximum atomic E-state index is 6.00. The molecule has 3 heteroatoms. The van der Waals surface area contributed by atoms with Crippen LogP contribution in [-0.2, 0) is 5.41 Å². The lowest BCUT2D eigenvalue weighted by atomic mass is 9.86. The van der Waals surface area contributed by atoms with E-state index in [1.807, 2.05) is 19.9 Å². The van der Waals surface area contributed by atoms with E-state index in [0.717, 1.165) is 11.4 Å². The zero-order chi connectivity index (χ0) is 14.0. The highest BCUT2D eigenvalue weighted by Gasteiger charge is 2.17. The van der Waals surface area contributed by atoms with E-state index in [2.05, 4.69) is 38.2 Å². The fourth-order valence-corrected chi connectivity index (χ4v) is 1.64. The first-order chi connectivity index (χ1) is 8.13. The number of nitrogens with one attached hydrogen (secondary N) is 1. The minimum atomic E-state index is -0.247. The molecule has 0 atom stereocenters. The molecule has 0 amide bonds. The Balaban J connectivity index is 3.00. The van der Waals surface area contributed by atoms with Crippen molar-refractivity contribution in [3.05, 3.63) is 23.8 Å². The summed E-state index contributed by atoms with van der Waals surface area (Å²) in [5.41, 5.74) is 8.16. The summed E-state index contributed by atoms with van der Waals surface area (Å²) in [6.45, 7) is 11.3. The SMILES string of the molecule is COc1ccc(C(C)(C)C)cc1NCC(C)(C)N. The molecule has 1 aromatic carbocycles. The average molecular weight is 250 g/mol. The molecule has 0 aromatic heterocycles. The van der Waals surface area contributed by atoms with Crippen LogP contribution in [0.4, 0.5) is 5.69 Å². The molecule has 0 bridgehead atoms. The molecule has 1 aromatic rings. The molecule has 0 aliphatic rings. The molecule has 3 nitrogen and oxygen atoms in total. The maximum absolute atomic E-state index is 6.00. The van der Waals surface area contributed by atoms with Crippen LogP contribution in [0.3, 0.4) is 0 Å². The first kappa shape index (κ1) is 14.8. The molecule has 0 saturated heterocycles. The predicted molar refractivity (Wildman–Crippen MR) is 78.5 cm³/mol. The Kier molecular flexibility index (Phi) is 4.28. The highest BCUT2D eigenvalue weighted by Crippen LogP contribution is 2.31. The van der Waals surface area contributed by atoms with E-state index < -0.39 is 0 Å². The van der Waals surface area contributed by atoms with Crippen LogP contribution in [0.2, 0.25) is 0 Å². The molecule has 0 heterocycles. The number of nitrogens with two attached hydrogens (primary N) is 1. The molecule has 0 saturated carbocycles. The Morgan fingerprint density at radius 1 is 1.17 bits per heavy atom. The van der Waals surface area contributed by atoms with Gasteiger partial charge in [0.15, 0.2) is 0 Å². The van der Waals surface area contributed by atoms with Gasteiger partial charge < -0.3 is 15.8 Å². The van der Waals surface area contributed by atoms with Crippen molar-refractivity contribution in [3.8, 4) is 5.75 Å². The van der Waals surface area contributed by atoms with Crippen LogP contribution < -0.4 is 15.8 Å². The van der Waals surface area contributed by atoms with Gasteiger partial charge in [0, 0.05) is 12.1 Å². The van der Waals surface area contributed by atoms with Crippen LogP contribution in [0.15, 0.2) is 18.2 Å². The van der Waals surface area contributed by atoms with Gasteiger partial charge in [-0.05, 0) is 37.0 Å². The van der Waals surface area contributed by atoms with Gasteiger partial charge in [-0.2, -0.15) is 0 Å². The molecule has 18 heavy (non-hydrogen) atoms. The number of benzene rings is 1. The summed E-state index contributed by atoms with van der Waals surface area (Å²) in [5.74, 6) is 0.854. The van der Waals surface area contributed by atoms with Crippen molar-refractivity contribution in [3.63, 3.8) is 0 Å². The van der Waals surface area contributed by atoms with E-state index in [1.165, 1.54) is 5.56 Å². The molecule has 0 spiro atoms. The third-order valence-electron chi connectivity index (χ3n) is 2.80. The average Bonchev–Trinajstić information content (AvgIpc) is 2.23. The van der Waals surface area contributed by atoms with Gasteiger partial charge in [0.05, 0.1) is 12.8 Å². The minimum Gasteiger partial charge on any atom is -0.495 e. The number of rotatable bonds is 4. The van der Waals surface area contributed by atoms with Crippen LogP contribution >= 0.6 is 0 Å². The summed E-state index contributed by atoms with van der Waals surface area (Å²) in [7, 11) is 1.69. The molecule has 0 radical (unpaired) electrons. The lowest BCUT2D eigenvalue weighted by Gasteiger charge is -2.24. The number of ether oxygens (including phenoxy) is 1. The Morgan fingerprint density at radius 2 is 1.78 bits per heavy atom. The van der Waals surface area contributed by atoms with Crippen LogP contribution in [0.25, 0.3) is 0 Å². The van der Waals surface area contributed by atoms with Gasteiger partial charge in [-0.3, -0.25) is 0 Å². The predicted octanol–water partition coefficient (Wildman–Crippen LogP) is 3.14. The quantitative estimate of drug-likeness (QED) is 0.863. The fourth-order valence-electron chi connectivity index (χ4n) is 1.64. The topological polar surface area (TPSA) is 47.3 Å². The molecule has 0 fully saturated rings. The highest BCUT2D eigenvalue weighted by molar-refractivity contribution is 5.59. The lowest BCUT2D eigenvalue weighted by Crippen LogP contribution is -2.39. The summed E-state index contributed by atoms with van der Waals surface area (Å²) in [4.78, 5) is 0. The van der Waals surface area contributed by atoms with Gasteiger partial charge in [0.1, 0.15) is 5.75 Å². The van der Waals surface area contributed by atoms with E-state index in [-0.39, 0.29) is 11.0 Å². The van der Waals surface area contributed by atoms with Crippen LogP contribution in [0.1, 0.15) is 40.2 Å². The summed E-state index contributed by atoms with van der Waals surface area (Å²) in [6, 6.07) is 6.26. The second kappa shape index (κ2) is 5.19. The molecular weight excluding hydrogens is 224 g/mol. The van der Waals surface area contributed by atoms with Crippen molar-refractivity contribution in [2.75, 3.05) is 19.0 Å². The van der Waals surface area contributed by atoms with Crippen molar-refractivity contribution in [2.24, 2.45) is 5.73 Å². The molecule has 1 rings (SSSR count). The molecule has 102 valence electrons. The van der Waals surface area contributed by atoms with Crippen molar-refractivity contribution >= 4 is 5.69 Å². The highest BCUT2D eigenvalue weighted by atomic mass is 16.5. The first-order valence-electron chi connectivity index (χ1n) is 6.35. The second-order valence-corrected chi connectivity index (χ2v) is 6.51. The second-order valence-electron chi connectivity index (χ2n) is 6.51. The Bertz CT molecular complexity index is 400. The number of hydrogen-bond donors (Lipinski definition) is 2. The van der Waals surface area contributed by atoms with E-state index in [0.29, 0.717) is 6.54 Å². The summed E-state index contributed by atoms with van der Waals surface area (Å²) < 4.78 is 5.37. The van der Waals surface area contributed by atoms with Gasteiger partial charge in [-0.15, -0.1) is 0 Å². The van der Waals surface area contributed by atoms with Gasteiger partial charge in [0.25, 0.3) is 0 Å².